The molecule has 1 heterocycles. The molecule has 1 aromatic rings. The van der Waals surface area contributed by atoms with Gasteiger partial charge in [-0.2, -0.15) is 0 Å². The third-order valence-electron chi connectivity index (χ3n) is 3.72. The Balaban J connectivity index is 2.44. The van der Waals surface area contributed by atoms with Crippen molar-refractivity contribution in [1.82, 2.24) is 0 Å². The maximum absolute atomic E-state index is 13.4. The van der Waals surface area contributed by atoms with Gasteiger partial charge in [0.2, 0.25) is 0 Å². The highest BCUT2D eigenvalue weighted by atomic mass is 19.1. The molecule has 4 nitrogen and oxygen atoms in total. The molecule has 2 rings (SSSR count). The normalized spacial score (nSPS) is 20.3. The quantitative estimate of drug-likeness (QED) is 0.382. The molecule has 19 heavy (non-hydrogen) atoms. The lowest BCUT2D eigenvalue weighted by molar-refractivity contribution is 0.318. The van der Waals surface area contributed by atoms with E-state index in [1.165, 1.54) is 12.1 Å². The standard InChI is InChI=1S/C14H20FN3O/c1-9(2)12-4-3-7-18(12)13-6-5-10(15)8-11(13)14(16)17-19/h5-6,8-9,12,19H,3-4,7H2,1-2H3,(H2,16,17). The summed E-state index contributed by atoms with van der Waals surface area (Å²) in [5, 5.41) is 11.8. The van der Waals surface area contributed by atoms with Crippen molar-refractivity contribution in [3.05, 3.63) is 29.6 Å². The van der Waals surface area contributed by atoms with Gasteiger partial charge < -0.3 is 15.8 Å². The van der Waals surface area contributed by atoms with Crippen LogP contribution in [-0.4, -0.2) is 23.6 Å². The Labute approximate surface area is 112 Å². The van der Waals surface area contributed by atoms with Crippen LogP contribution < -0.4 is 10.6 Å². The molecule has 5 heteroatoms. The third kappa shape index (κ3) is 2.64. The van der Waals surface area contributed by atoms with Crippen LogP contribution >= 0.6 is 0 Å². The topological polar surface area (TPSA) is 61.8 Å². The van der Waals surface area contributed by atoms with Crippen molar-refractivity contribution in [2.45, 2.75) is 32.7 Å². The number of hydrogen-bond acceptors (Lipinski definition) is 3. The van der Waals surface area contributed by atoms with E-state index in [4.69, 9.17) is 10.9 Å². The van der Waals surface area contributed by atoms with Gasteiger partial charge >= 0.3 is 0 Å². The van der Waals surface area contributed by atoms with Crippen LogP contribution in [0, 0.1) is 11.7 Å². The second-order valence-corrected chi connectivity index (χ2v) is 5.29. The minimum Gasteiger partial charge on any atom is -0.409 e. The van der Waals surface area contributed by atoms with Gasteiger partial charge in [0.1, 0.15) is 5.82 Å². The van der Waals surface area contributed by atoms with E-state index in [0.717, 1.165) is 25.1 Å². The zero-order chi connectivity index (χ0) is 14.0. The predicted molar refractivity (Wildman–Crippen MR) is 74.1 cm³/mol. The lowest BCUT2D eigenvalue weighted by Gasteiger charge is -2.31. The summed E-state index contributed by atoms with van der Waals surface area (Å²) in [6.45, 7) is 5.27. The van der Waals surface area contributed by atoms with Gasteiger partial charge in [0.25, 0.3) is 0 Å². The Morgan fingerprint density at radius 3 is 2.89 bits per heavy atom. The van der Waals surface area contributed by atoms with E-state index in [-0.39, 0.29) is 11.7 Å². The summed E-state index contributed by atoms with van der Waals surface area (Å²) < 4.78 is 13.4. The van der Waals surface area contributed by atoms with Crippen molar-refractivity contribution in [1.29, 1.82) is 0 Å². The molecule has 0 aliphatic carbocycles. The number of rotatable bonds is 3. The number of oxime groups is 1. The van der Waals surface area contributed by atoms with E-state index in [9.17, 15) is 4.39 Å². The van der Waals surface area contributed by atoms with Crippen LogP contribution in [0.4, 0.5) is 10.1 Å². The van der Waals surface area contributed by atoms with E-state index in [1.54, 1.807) is 6.07 Å². The van der Waals surface area contributed by atoms with Crippen LogP contribution in [0.3, 0.4) is 0 Å². The summed E-state index contributed by atoms with van der Waals surface area (Å²) in [4.78, 5) is 2.23. The molecule has 1 aliphatic heterocycles. The summed E-state index contributed by atoms with van der Waals surface area (Å²) in [6, 6.07) is 4.86. The number of hydrogen-bond donors (Lipinski definition) is 2. The Kier molecular flexibility index (Phi) is 3.93. The highest BCUT2D eigenvalue weighted by Gasteiger charge is 2.29. The second-order valence-electron chi connectivity index (χ2n) is 5.29. The molecule has 1 aliphatic rings. The number of benzene rings is 1. The lowest BCUT2D eigenvalue weighted by Crippen LogP contribution is -2.35. The monoisotopic (exact) mass is 265 g/mol. The molecule has 0 radical (unpaired) electrons. The summed E-state index contributed by atoms with van der Waals surface area (Å²) in [6.07, 6.45) is 2.22. The molecule has 1 unspecified atom stereocenters. The maximum Gasteiger partial charge on any atom is 0.172 e. The molecular weight excluding hydrogens is 245 g/mol. The number of amidine groups is 1. The van der Waals surface area contributed by atoms with Crippen molar-refractivity contribution < 1.29 is 9.60 Å². The van der Waals surface area contributed by atoms with Gasteiger partial charge in [0.05, 0.1) is 0 Å². The Bertz CT molecular complexity index is 488. The number of nitrogens with two attached hydrogens (primary N) is 1. The summed E-state index contributed by atoms with van der Waals surface area (Å²) in [5.41, 5.74) is 6.95. The summed E-state index contributed by atoms with van der Waals surface area (Å²) in [7, 11) is 0. The molecule has 3 N–H and O–H groups in total. The van der Waals surface area contributed by atoms with Gasteiger partial charge in [0, 0.05) is 23.8 Å². The fourth-order valence-corrected chi connectivity index (χ4v) is 2.80. The molecule has 0 amide bonds. The summed E-state index contributed by atoms with van der Waals surface area (Å²) >= 11 is 0. The fourth-order valence-electron chi connectivity index (χ4n) is 2.80. The van der Waals surface area contributed by atoms with Crippen molar-refractivity contribution in [3.63, 3.8) is 0 Å². The first kappa shape index (κ1) is 13.6. The Hall–Kier alpha value is -1.78. The van der Waals surface area contributed by atoms with Gasteiger partial charge in [0.15, 0.2) is 5.84 Å². The highest BCUT2D eigenvalue weighted by Crippen LogP contribution is 2.32. The zero-order valence-corrected chi connectivity index (χ0v) is 11.3. The Morgan fingerprint density at radius 2 is 2.26 bits per heavy atom. The van der Waals surface area contributed by atoms with Crippen LogP contribution in [0.2, 0.25) is 0 Å². The minimum atomic E-state index is -0.384. The van der Waals surface area contributed by atoms with Crippen molar-refractivity contribution >= 4 is 11.5 Å². The first-order valence-electron chi connectivity index (χ1n) is 6.58. The van der Waals surface area contributed by atoms with Crippen molar-refractivity contribution in [2.24, 2.45) is 16.8 Å². The Morgan fingerprint density at radius 1 is 1.53 bits per heavy atom. The van der Waals surface area contributed by atoms with Crippen LogP contribution in [0.5, 0.6) is 0 Å². The first-order chi connectivity index (χ1) is 9.04. The average molecular weight is 265 g/mol. The minimum absolute atomic E-state index is 0.0519. The van der Waals surface area contributed by atoms with Crippen LogP contribution in [0.25, 0.3) is 0 Å². The third-order valence-corrected chi connectivity index (χ3v) is 3.72. The van der Waals surface area contributed by atoms with Crippen LogP contribution in [0.1, 0.15) is 32.3 Å². The predicted octanol–water partition coefficient (Wildman–Crippen LogP) is 2.54. The maximum atomic E-state index is 13.4. The van der Waals surface area contributed by atoms with Gasteiger partial charge in [-0.3, -0.25) is 0 Å². The van der Waals surface area contributed by atoms with Gasteiger partial charge in [-0.05, 0) is 37.0 Å². The van der Waals surface area contributed by atoms with E-state index in [1.807, 2.05) is 0 Å². The number of nitrogens with zero attached hydrogens (tertiary/aromatic N) is 2. The zero-order valence-electron chi connectivity index (χ0n) is 11.3. The molecule has 0 aromatic heterocycles. The van der Waals surface area contributed by atoms with Crippen LogP contribution in [-0.2, 0) is 0 Å². The molecule has 1 aromatic carbocycles. The van der Waals surface area contributed by atoms with Crippen molar-refractivity contribution in [3.8, 4) is 0 Å². The van der Waals surface area contributed by atoms with Crippen molar-refractivity contribution in [2.75, 3.05) is 11.4 Å². The van der Waals surface area contributed by atoms with E-state index >= 15 is 0 Å². The smallest absolute Gasteiger partial charge is 0.172 e. The SMILES string of the molecule is CC(C)C1CCCN1c1ccc(F)cc1C(N)=NO. The van der Waals surface area contributed by atoms with Gasteiger partial charge in [-0.15, -0.1) is 0 Å². The number of halogens is 1. The molecule has 104 valence electrons. The molecule has 0 saturated carbocycles. The number of anilines is 1. The van der Waals surface area contributed by atoms with Crippen LogP contribution in [0.15, 0.2) is 23.4 Å². The molecule has 0 spiro atoms. The second kappa shape index (κ2) is 5.47. The molecular formula is C14H20FN3O. The van der Waals surface area contributed by atoms with E-state index in [0.29, 0.717) is 17.5 Å². The molecule has 1 atom stereocenters. The van der Waals surface area contributed by atoms with E-state index < -0.39 is 0 Å². The first-order valence-corrected chi connectivity index (χ1v) is 6.58. The molecule has 0 bridgehead atoms. The van der Waals surface area contributed by atoms with Gasteiger partial charge in [-0.1, -0.05) is 19.0 Å². The molecule has 1 saturated heterocycles. The molecule has 1 fully saturated rings. The van der Waals surface area contributed by atoms with E-state index in [2.05, 4.69) is 23.9 Å². The average Bonchev–Trinajstić information content (AvgIpc) is 2.87. The lowest BCUT2D eigenvalue weighted by atomic mass is 10.0. The highest BCUT2D eigenvalue weighted by molar-refractivity contribution is 6.02. The largest absolute Gasteiger partial charge is 0.409 e. The summed E-state index contributed by atoms with van der Waals surface area (Å²) in [5.74, 6) is 0.0715. The fraction of sp³-hybridized carbons (Fsp3) is 0.500. The van der Waals surface area contributed by atoms with Gasteiger partial charge in [-0.25, -0.2) is 4.39 Å².